The van der Waals surface area contributed by atoms with Crippen LogP contribution in [0.15, 0.2) is 47.0 Å². The molecule has 0 aliphatic heterocycles. The van der Waals surface area contributed by atoms with Gasteiger partial charge in [0.25, 0.3) is 5.89 Å². The summed E-state index contributed by atoms with van der Waals surface area (Å²) < 4.78 is 21.2. The molecule has 0 N–H and O–H groups in total. The van der Waals surface area contributed by atoms with E-state index in [0.717, 1.165) is 11.8 Å². The second-order valence-electron chi connectivity index (χ2n) is 5.06. The highest BCUT2D eigenvalue weighted by Gasteiger charge is 2.12. The van der Waals surface area contributed by atoms with E-state index in [1.54, 1.807) is 50.6 Å². The van der Waals surface area contributed by atoms with E-state index in [-0.39, 0.29) is 6.61 Å². The number of aldehydes is 1. The van der Waals surface area contributed by atoms with Gasteiger partial charge in [0.2, 0.25) is 5.82 Å². The van der Waals surface area contributed by atoms with Crippen molar-refractivity contribution >= 4 is 6.29 Å². The summed E-state index contributed by atoms with van der Waals surface area (Å²) >= 11 is 0. The molecule has 0 saturated heterocycles. The fraction of sp³-hybridized carbons (Fsp3) is 0.167. The van der Waals surface area contributed by atoms with E-state index < -0.39 is 0 Å². The van der Waals surface area contributed by atoms with E-state index in [4.69, 9.17) is 18.7 Å². The Morgan fingerprint density at radius 2 is 1.92 bits per heavy atom. The molecular weight excluding hydrogens is 324 g/mol. The summed E-state index contributed by atoms with van der Waals surface area (Å²) in [4.78, 5) is 15.1. The highest BCUT2D eigenvalue weighted by atomic mass is 16.5. The number of ether oxygens (including phenoxy) is 3. The van der Waals surface area contributed by atoms with E-state index in [9.17, 15) is 4.79 Å². The van der Waals surface area contributed by atoms with Crippen LogP contribution in [0.3, 0.4) is 0 Å². The van der Waals surface area contributed by atoms with Crippen LogP contribution in [0.2, 0.25) is 0 Å². The first-order chi connectivity index (χ1) is 12.2. The molecule has 0 bridgehead atoms. The normalized spacial score (nSPS) is 10.3. The van der Waals surface area contributed by atoms with E-state index in [0.29, 0.717) is 34.5 Å². The molecule has 3 rings (SSSR count). The van der Waals surface area contributed by atoms with Crippen molar-refractivity contribution < 1.29 is 23.5 Å². The van der Waals surface area contributed by atoms with Crippen LogP contribution in [0.4, 0.5) is 0 Å². The number of nitrogens with zero attached hydrogens (tertiary/aromatic N) is 2. The fourth-order valence-corrected chi connectivity index (χ4v) is 2.23. The van der Waals surface area contributed by atoms with Crippen molar-refractivity contribution in [3.63, 3.8) is 0 Å². The zero-order chi connectivity index (χ0) is 17.6. The molecule has 2 aromatic carbocycles. The molecule has 0 saturated carbocycles. The number of benzene rings is 2. The Bertz CT molecular complexity index is 875. The van der Waals surface area contributed by atoms with Gasteiger partial charge in [-0.05, 0) is 30.3 Å². The van der Waals surface area contributed by atoms with Gasteiger partial charge in [0, 0.05) is 11.1 Å². The summed E-state index contributed by atoms with van der Waals surface area (Å²) in [6.45, 7) is 0.0998. The number of methoxy groups -OCH3 is 2. The monoisotopic (exact) mass is 340 g/mol. The zero-order valence-corrected chi connectivity index (χ0v) is 13.8. The second-order valence-corrected chi connectivity index (χ2v) is 5.06. The van der Waals surface area contributed by atoms with Crippen molar-refractivity contribution in [1.29, 1.82) is 0 Å². The van der Waals surface area contributed by atoms with Gasteiger partial charge in [-0.3, -0.25) is 4.79 Å². The predicted octanol–water partition coefficient (Wildman–Crippen LogP) is 3.15. The average molecular weight is 340 g/mol. The Labute approximate surface area is 144 Å². The molecule has 0 amide bonds. The van der Waals surface area contributed by atoms with Gasteiger partial charge in [0.15, 0.2) is 18.1 Å². The fourth-order valence-electron chi connectivity index (χ4n) is 2.23. The van der Waals surface area contributed by atoms with E-state index >= 15 is 0 Å². The van der Waals surface area contributed by atoms with Crippen molar-refractivity contribution in [3.8, 4) is 28.6 Å². The Kier molecular flexibility index (Phi) is 4.94. The number of carbonyl (C=O) groups excluding carboxylic acids is 1. The van der Waals surface area contributed by atoms with Crippen molar-refractivity contribution in [2.75, 3.05) is 14.2 Å². The molecule has 0 aliphatic rings. The lowest BCUT2D eigenvalue weighted by molar-refractivity contribution is 0.112. The number of aromatic nitrogens is 2. The molecule has 128 valence electrons. The lowest BCUT2D eigenvalue weighted by Gasteiger charge is -2.07. The third-order valence-electron chi connectivity index (χ3n) is 3.47. The molecule has 1 heterocycles. The smallest absolute Gasteiger partial charge is 0.264 e. The highest BCUT2D eigenvalue weighted by Crippen LogP contribution is 2.31. The minimum Gasteiger partial charge on any atom is -0.493 e. The second kappa shape index (κ2) is 7.48. The maximum Gasteiger partial charge on any atom is 0.264 e. The summed E-state index contributed by atoms with van der Waals surface area (Å²) in [6, 6.07) is 12.2. The van der Waals surface area contributed by atoms with Crippen LogP contribution in [-0.4, -0.2) is 30.6 Å². The number of hydrogen-bond acceptors (Lipinski definition) is 7. The van der Waals surface area contributed by atoms with Gasteiger partial charge in [-0.25, -0.2) is 0 Å². The van der Waals surface area contributed by atoms with Gasteiger partial charge in [-0.2, -0.15) is 4.98 Å². The average Bonchev–Trinajstić information content (AvgIpc) is 3.15. The minimum atomic E-state index is 0.0998. The highest BCUT2D eigenvalue weighted by molar-refractivity contribution is 5.75. The topological polar surface area (TPSA) is 83.7 Å². The maximum atomic E-state index is 10.8. The van der Waals surface area contributed by atoms with Crippen LogP contribution in [0.1, 0.15) is 16.2 Å². The molecule has 0 radical (unpaired) electrons. The molecule has 3 aromatic rings. The van der Waals surface area contributed by atoms with Crippen LogP contribution in [-0.2, 0) is 6.61 Å². The van der Waals surface area contributed by atoms with Gasteiger partial charge in [-0.1, -0.05) is 17.3 Å². The molecule has 25 heavy (non-hydrogen) atoms. The Morgan fingerprint density at radius 3 is 2.68 bits per heavy atom. The number of rotatable bonds is 7. The van der Waals surface area contributed by atoms with Crippen LogP contribution in [0.5, 0.6) is 17.2 Å². The van der Waals surface area contributed by atoms with Gasteiger partial charge < -0.3 is 18.7 Å². The summed E-state index contributed by atoms with van der Waals surface area (Å²) in [6.07, 6.45) is 0.759. The summed E-state index contributed by atoms with van der Waals surface area (Å²) in [5.41, 5.74) is 1.27. The maximum absolute atomic E-state index is 10.8. The number of hydrogen-bond donors (Lipinski definition) is 0. The Hall–Kier alpha value is -3.35. The zero-order valence-electron chi connectivity index (χ0n) is 13.8. The Balaban J connectivity index is 1.73. The van der Waals surface area contributed by atoms with Gasteiger partial charge >= 0.3 is 0 Å². The minimum absolute atomic E-state index is 0.0998. The number of carbonyl (C=O) groups is 1. The summed E-state index contributed by atoms with van der Waals surface area (Å²) in [5.74, 6) is 2.49. The van der Waals surface area contributed by atoms with Crippen molar-refractivity contribution in [3.05, 3.63) is 53.9 Å². The first-order valence-electron chi connectivity index (χ1n) is 7.46. The molecular formula is C18H16N2O5. The molecule has 0 aliphatic carbocycles. The molecule has 7 nitrogen and oxygen atoms in total. The van der Waals surface area contributed by atoms with Crippen LogP contribution >= 0.6 is 0 Å². The first kappa shape index (κ1) is 16.5. The third kappa shape index (κ3) is 3.77. The van der Waals surface area contributed by atoms with Crippen LogP contribution in [0, 0.1) is 0 Å². The molecule has 0 unspecified atom stereocenters. The molecule has 0 spiro atoms. The van der Waals surface area contributed by atoms with Crippen molar-refractivity contribution in [2.24, 2.45) is 0 Å². The van der Waals surface area contributed by atoms with E-state index in [2.05, 4.69) is 10.1 Å². The van der Waals surface area contributed by atoms with Gasteiger partial charge in [0.1, 0.15) is 12.0 Å². The lowest BCUT2D eigenvalue weighted by atomic mass is 10.2. The first-order valence-corrected chi connectivity index (χ1v) is 7.46. The summed E-state index contributed by atoms with van der Waals surface area (Å²) in [5, 5.41) is 3.94. The van der Waals surface area contributed by atoms with Crippen molar-refractivity contribution in [1.82, 2.24) is 10.1 Å². The van der Waals surface area contributed by atoms with E-state index in [1.165, 1.54) is 0 Å². The molecule has 7 heteroatoms. The van der Waals surface area contributed by atoms with Gasteiger partial charge in [0.05, 0.1) is 14.2 Å². The quantitative estimate of drug-likeness (QED) is 0.611. The van der Waals surface area contributed by atoms with Gasteiger partial charge in [-0.15, -0.1) is 0 Å². The van der Waals surface area contributed by atoms with Crippen LogP contribution < -0.4 is 14.2 Å². The third-order valence-corrected chi connectivity index (χ3v) is 3.47. The lowest BCUT2D eigenvalue weighted by Crippen LogP contribution is -1.96. The Morgan fingerprint density at radius 1 is 1.08 bits per heavy atom. The SMILES string of the molecule is COc1ccc(-c2noc(COc3cccc(C=O)c3)n2)cc1OC. The van der Waals surface area contributed by atoms with Crippen molar-refractivity contribution in [2.45, 2.75) is 6.61 Å². The molecule has 0 atom stereocenters. The van der Waals surface area contributed by atoms with E-state index in [1.807, 2.05) is 6.07 Å². The van der Waals surface area contributed by atoms with Crippen LogP contribution in [0.25, 0.3) is 11.4 Å². The molecule has 0 fully saturated rings. The standard InChI is InChI=1S/C18H16N2O5/c1-22-15-7-6-13(9-16(15)23-2)18-19-17(25-20-18)11-24-14-5-3-4-12(8-14)10-21/h3-10H,11H2,1-2H3. The molecule has 1 aromatic heterocycles. The summed E-state index contributed by atoms with van der Waals surface area (Å²) in [7, 11) is 3.13. The predicted molar refractivity (Wildman–Crippen MR) is 89.0 cm³/mol. The largest absolute Gasteiger partial charge is 0.493 e.